The monoisotopic (exact) mass is 508 g/mol. The molecule has 0 saturated carbocycles. The summed E-state index contributed by atoms with van der Waals surface area (Å²) in [5.74, 6) is -0.628. The maximum Gasteiger partial charge on any atom is 0.473 e. The van der Waals surface area contributed by atoms with Gasteiger partial charge in [0.25, 0.3) is 0 Å². The number of ether oxygens (including phenoxy) is 1. The molecule has 8 heteroatoms. The number of phosphoric acid groups is 1. The number of allylic oxidation sites excluding steroid dienone is 3. The third kappa shape index (κ3) is 8.32. The summed E-state index contributed by atoms with van der Waals surface area (Å²) in [7, 11) is -4.46. The summed E-state index contributed by atoms with van der Waals surface area (Å²) in [6.07, 6.45) is 4.33. The molecule has 7 nitrogen and oxygen atoms in total. The summed E-state index contributed by atoms with van der Waals surface area (Å²) in [4.78, 5) is 23.3. The van der Waals surface area contributed by atoms with Crippen molar-refractivity contribution in [3.8, 4) is 11.5 Å². The van der Waals surface area contributed by atoms with Crippen molar-refractivity contribution in [3.05, 3.63) is 47.1 Å². The van der Waals surface area contributed by atoms with Crippen molar-refractivity contribution >= 4 is 13.8 Å². The van der Waals surface area contributed by atoms with Crippen LogP contribution in [0.25, 0.3) is 0 Å². The average molecular weight is 509 g/mol. The number of esters is 1. The smallest absolute Gasteiger partial charge is 0.473 e. The van der Waals surface area contributed by atoms with E-state index in [0.717, 1.165) is 30.4 Å². The molecule has 2 unspecified atom stereocenters. The number of carbonyl (C=O) groups is 1. The zero-order chi connectivity index (χ0) is 26.3. The highest BCUT2D eigenvalue weighted by atomic mass is 31.2. The lowest BCUT2D eigenvalue weighted by molar-refractivity contribution is -0.143. The number of hydrogen-bond acceptors (Lipinski definition) is 6. The lowest BCUT2D eigenvalue weighted by Crippen LogP contribution is -2.29. The molecule has 0 heterocycles. The van der Waals surface area contributed by atoms with Gasteiger partial charge in [-0.1, -0.05) is 50.5 Å². The van der Waals surface area contributed by atoms with Crippen molar-refractivity contribution in [2.45, 2.75) is 98.2 Å². The van der Waals surface area contributed by atoms with Crippen LogP contribution in [0.3, 0.4) is 0 Å². The van der Waals surface area contributed by atoms with Crippen LogP contribution in [0, 0.1) is 5.92 Å². The maximum absolute atomic E-state index is 13.2. The van der Waals surface area contributed by atoms with Gasteiger partial charge in [0.2, 0.25) is 0 Å². The Morgan fingerprint density at radius 2 is 1.91 bits per heavy atom. The summed E-state index contributed by atoms with van der Waals surface area (Å²) in [6.45, 7) is 15.2. The lowest BCUT2D eigenvalue weighted by atomic mass is 9.73. The normalized spacial score (nSPS) is 20.7. The Hall–Kier alpha value is -1.92. The molecular formula is C27H41O7P. The van der Waals surface area contributed by atoms with Crippen LogP contribution in [0.4, 0.5) is 0 Å². The fraction of sp³-hybridized carbons (Fsp3) is 0.593. The molecule has 196 valence electrons. The van der Waals surface area contributed by atoms with E-state index in [0.29, 0.717) is 18.4 Å². The first-order chi connectivity index (χ1) is 16.4. The predicted octanol–water partition coefficient (Wildman–Crippen LogP) is 6.98. The molecule has 2 N–H and O–H groups in total. The molecule has 1 aromatic carbocycles. The van der Waals surface area contributed by atoms with E-state index in [9.17, 15) is 19.4 Å². The van der Waals surface area contributed by atoms with Crippen molar-refractivity contribution < 1.29 is 33.1 Å². The zero-order valence-electron chi connectivity index (χ0n) is 21.9. The van der Waals surface area contributed by atoms with Crippen molar-refractivity contribution in [1.29, 1.82) is 0 Å². The molecule has 0 bridgehead atoms. The second-order valence-electron chi connectivity index (χ2n) is 9.73. The maximum atomic E-state index is 13.2. The number of aromatic hydroxyl groups is 1. The molecule has 35 heavy (non-hydrogen) atoms. The first kappa shape index (κ1) is 29.3. The van der Waals surface area contributed by atoms with Crippen LogP contribution in [0.15, 0.2) is 35.9 Å². The number of carbonyl (C=O) groups excluding carboxylic acids is 1. The van der Waals surface area contributed by atoms with E-state index in [1.807, 2.05) is 20.8 Å². The third-order valence-electron chi connectivity index (χ3n) is 6.06. The molecule has 2 rings (SSSR count). The number of aryl methyl sites for hydroxylation is 1. The zero-order valence-corrected chi connectivity index (χ0v) is 22.8. The van der Waals surface area contributed by atoms with Crippen molar-refractivity contribution in [1.82, 2.24) is 0 Å². The van der Waals surface area contributed by atoms with E-state index in [1.165, 1.54) is 5.57 Å². The molecule has 1 aliphatic carbocycles. The van der Waals surface area contributed by atoms with Gasteiger partial charge in [-0.3, -0.25) is 9.05 Å². The van der Waals surface area contributed by atoms with Gasteiger partial charge in [0.1, 0.15) is 11.5 Å². The highest BCUT2D eigenvalue weighted by Crippen LogP contribution is 2.48. The van der Waals surface area contributed by atoms with Gasteiger partial charge >= 0.3 is 13.8 Å². The largest absolute Gasteiger partial charge is 0.507 e. The molecule has 4 atom stereocenters. The minimum absolute atomic E-state index is 0.0601. The van der Waals surface area contributed by atoms with Gasteiger partial charge < -0.3 is 14.7 Å². The van der Waals surface area contributed by atoms with Crippen LogP contribution in [-0.4, -0.2) is 28.2 Å². The number of phenolic OH excluding ortho intramolecular Hbond substituents is 1. The summed E-state index contributed by atoms with van der Waals surface area (Å²) in [5.41, 5.74) is 3.54. The molecular weight excluding hydrogens is 467 g/mol. The lowest BCUT2D eigenvalue weighted by Gasteiger charge is -2.32. The van der Waals surface area contributed by atoms with E-state index in [1.54, 1.807) is 26.0 Å². The van der Waals surface area contributed by atoms with E-state index in [2.05, 4.69) is 19.6 Å². The molecule has 0 saturated heterocycles. The molecule has 0 radical (unpaired) electrons. The standard InChI is InChI=1S/C27H41O7P/c1-8-10-20-15-23(28)26(22-14-19(7)12-13-21(22)17(3)4)25(16-20)32-27(29)24(11-9-2)34-35(30,31)33-18(5)6/h14-16,18,21-22,24,28H,3,8-13H2,1-2,4-7H3,(H,30,31)/t21-,22+,24?/m0/s1. The minimum Gasteiger partial charge on any atom is -0.507 e. The molecule has 0 aromatic heterocycles. The van der Waals surface area contributed by atoms with Gasteiger partial charge in [0.15, 0.2) is 6.10 Å². The second kappa shape index (κ2) is 12.9. The summed E-state index contributed by atoms with van der Waals surface area (Å²) < 4.78 is 28.4. The van der Waals surface area contributed by atoms with Gasteiger partial charge in [0.05, 0.1) is 6.10 Å². The Kier molecular flexibility index (Phi) is 10.8. The summed E-state index contributed by atoms with van der Waals surface area (Å²) in [6, 6.07) is 3.50. The van der Waals surface area contributed by atoms with Crippen LogP contribution < -0.4 is 4.74 Å². The molecule has 1 aliphatic rings. The molecule has 0 fully saturated rings. The Balaban J connectivity index is 2.50. The van der Waals surface area contributed by atoms with Gasteiger partial charge in [-0.05, 0) is 77.0 Å². The predicted molar refractivity (Wildman–Crippen MR) is 138 cm³/mol. The van der Waals surface area contributed by atoms with Crippen LogP contribution in [0.5, 0.6) is 11.5 Å². The number of phenols is 1. The fourth-order valence-electron chi connectivity index (χ4n) is 4.53. The van der Waals surface area contributed by atoms with Crippen molar-refractivity contribution in [2.24, 2.45) is 5.92 Å². The number of phosphoric ester groups is 1. The summed E-state index contributed by atoms with van der Waals surface area (Å²) in [5, 5.41) is 11.1. The first-order valence-corrected chi connectivity index (χ1v) is 14.0. The van der Waals surface area contributed by atoms with Gasteiger partial charge in [-0.2, -0.15) is 0 Å². The van der Waals surface area contributed by atoms with E-state index >= 15 is 0 Å². The molecule has 0 spiro atoms. The van der Waals surface area contributed by atoms with Crippen LogP contribution in [0.1, 0.15) is 90.7 Å². The Bertz CT molecular complexity index is 982. The highest BCUT2D eigenvalue weighted by Gasteiger charge is 2.35. The van der Waals surface area contributed by atoms with Crippen molar-refractivity contribution in [3.63, 3.8) is 0 Å². The van der Waals surface area contributed by atoms with E-state index < -0.39 is 26.0 Å². The number of benzene rings is 1. The second-order valence-corrected chi connectivity index (χ2v) is 11.1. The van der Waals surface area contributed by atoms with Crippen LogP contribution >= 0.6 is 7.82 Å². The summed E-state index contributed by atoms with van der Waals surface area (Å²) >= 11 is 0. The Morgan fingerprint density at radius 1 is 1.23 bits per heavy atom. The average Bonchev–Trinajstić information content (AvgIpc) is 2.72. The molecule has 0 aliphatic heterocycles. The van der Waals surface area contributed by atoms with Crippen LogP contribution in [0.2, 0.25) is 0 Å². The van der Waals surface area contributed by atoms with Crippen LogP contribution in [-0.2, 0) is 24.8 Å². The number of hydrogen-bond donors (Lipinski definition) is 2. The number of rotatable bonds is 12. The SMILES string of the molecule is C=C(C)[C@@H]1CCC(C)=C[C@H]1c1c(O)cc(CCC)cc1OC(=O)C(CCC)OP(=O)(O)OC(C)C. The molecule has 1 aromatic rings. The third-order valence-corrected chi connectivity index (χ3v) is 7.27. The van der Waals surface area contributed by atoms with Gasteiger partial charge in [0, 0.05) is 11.5 Å². The fourth-order valence-corrected chi connectivity index (χ4v) is 5.62. The highest BCUT2D eigenvalue weighted by molar-refractivity contribution is 7.47. The topological polar surface area (TPSA) is 102 Å². The Morgan fingerprint density at radius 3 is 2.49 bits per heavy atom. The van der Waals surface area contributed by atoms with Gasteiger partial charge in [-0.15, -0.1) is 0 Å². The van der Waals surface area contributed by atoms with E-state index in [4.69, 9.17) is 13.8 Å². The van der Waals surface area contributed by atoms with Crippen molar-refractivity contribution in [2.75, 3.05) is 0 Å². The van der Waals surface area contributed by atoms with Gasteiger partial charge in [-0.25, -0.2) is 9.36 Å². The molecule has 0 amide bonds. The quantitative estimate of drug-likeness (QED) is 0.136. The van der Waals surface area contributed by atoms with E-state index in [-0.39, 0.29) is 29.8 Å². The first-order valence-electron chi connectivity index (χ1n) is 12.5. The Labute approximate surface area is 209 Å². The minimum atomic E-state index is -4.46.